The van der Waals surface area contributed by atoms with Crippen molar-refractivity contribution in [1.82, 2.24) is 4.72 Å². The number of benzene rings is 2. The number of aliphatic hydroxyl groups is 1. The van der Waals surface area contributed by atoms with Gasteiger partial charge >= 0.3 is 0 Å². The minimum Gasteiger partial charge on any atom is -0.396 e. The van der Waals surface area contributed by atoms with Crippen molar-refractivity contribution < 1.29 is 18.4 Å². The maximum absolute atomic E-state index is 12.7. The molecule has 0 radical (unpaired) electrons. The van der Waals surface area contributed by atoms with Crippen LogP contribution in [0.5, 0.6) is 0 Å². The van der Waals surface area contributed by atoms with Gasteiger partial charge in [0.15, 0.2) is 0 Å². The van der Waals surface area contributed by atoms with Gasteiger partial charge in [-0.25, -0.2) is 13.1 Å². The molecular weight excluding hydrogens is 392 g/mol. The van der Waals surface area contributed by atoms with Crippen molar-refractivity contribution in [2.75, 3.05) is 13.2 Å². The molecule has 2 N–H and O–H groups in total. The molecule has 29 heavy (non-hydrogen) atoms. The Kier molecular flexibility index (Phi) is 6.66. The molecule has 2 aromatic rings. The Bertz CT molecular complexity index is 951. The highest BCUT2D eigenvalue weighted by atomic mass is 32.2. The van der Waals surface area contributed by atoms with Gasteiger partial charge in [-0.05, 0) is 48.3 Å². The lowest BCUT2D eigenvalue weighted by Crippen LogP contribution is -2.37. The zero-order chi connectivity index (χ0) is 20.9. The summed E-state index contributed by atoms with van der Waals surface area (Å²) in [5.74, 6) is 0. The molecule has 0 spiro atoms. The number of non-ortho nitro benzene ring substituents is 1. The van der Waals surface area contributed by atoms with Gasteiger partial charge in [0.25, 0.3) is 5.69 Å². The second-order valence-corrected chi connectivity index (χ2v) is 9.52. The molecule has 1 aliphatic rings. The Hall–Kier alpha value is -2.29. The van der Waals surface area contributed by atoms with Crippen LogP contribution in [0.1, 0.15) is 36.8 Å². The van der Waals surface area contributed by atoms with Crippen LogP contribution in [0.4, 0.5) is 5.69 Å². The predicted octanol–water partition coefficient (Wildman–Crippen LogP) is 3.21. The molecule has 1 saturated carbocycles. The number of nitro groups is 1. The average Bonchev–Trinajstić information content (AvgIpc) is 3.17. The van der Waals surface area contributed by atoms with Gasteiger partial charge in [0.2, 0.25) is 10.0 Å². The van der Waals surface area contributed by atoms with Crippen LogP contribution in [0.15, 0.2) is 53.4 Å². The number of hydrogen-bond acceptors (Lipinski definition) is 5. The minimum atomic E-state index is -3.83. The van der Waals surface area contributed by atoms with E-state index < -0.39 is 14.9 Å². The van der Waals surface area contributed by atoms with Gasteiger partial charge in [0.05, 0.1) is 9.82 Å². The van der Waals surface area contributed by atoms with Gasteiger partial charge in [-0.3, -0.25) is 10.1 Å². The third-order valence-electron chi connectivity index (χ3n) is 5.64. The van der Waals surface area contributed by atoms with Crippen molar-refractivity contribution in [3.05, 3.63) is 69.8 Å². The van der Waals surface area contributed by atoms with E-state index in [-0.39, 0.29) is 22.6 Å². The summed E-state index contributed by atoms with van der Waals surface area (Å²) in [6, 6.07) is 13.2. The van der Waals surface area contributed by atoms with Gasteiger partial charge in [-0.1, -0.05) is 43.2 Å². The fraction of sp³-hybridized carbons (Fsp3) is 0.429. The van der Waals surface area contributed by atoms with Crippen LogP contribution in [0.2, 0.25) is 0 Å². The lowest BCUT2D eigenvalue weighted by atomic mass is 9.80. The van der Waals surface area contributed by atoms with Gasteiger partial charge < -0.3 is 5.11 Å². The van der Waals surface area contributed by atoms with Crippen molar-refractivity contribution >= 4 is 15.7 Å². The molecule has 8 heteroatoms. The Morgan fingerprint density at radius 1 is 1.07 bits per heavy atom. The highest BCUT2D eigenvalue weighted by molar-refractivity contribution is 7.89. The quantitative estimate of drug-likeness (QED) is 0.480. The first-order valence-corrected chi connectivity index (χ1v) is 11.2. The Morgan fingerprint density at radius 2 is 1.72 bits per heavy atom. The summed E-state index contributed by atoms with van der Waals surface area (Å²) in [4.78, 5) is 10.3. The van der Waals surface area contributed by atoms with E-state index in [0.29, 0.717) is 13.0 Å². The molecular formula is C21H26N2O5S. The smallest absolute Gasteiger partial charge is 0.270 e. The van der Waals surface area contributed by atoms with Crippen LogP contribution >= 0.6 is 0 Å². The maximum Gasteiger partial charge on any atom is 0.270 e. The Labute approximate surface area is 171 Å². The van der Waals surface area contributed by atoms with Crippen molar-refractivity contribution in [2.24, 2.45) is 5.41 Å². The number of nitro benzene ring substituents is 1. The van der Waals surface area contributed by atoms with Crippen molar-refractivity contribution in [3.8, 4) is 0 Å². The van der Waals surface area contributed by atoms with E-state index in [1.165, 1.54) is 18.2 Å². The molecule has 0 aromatic heterocycles. The van der Waals surface area contributed by atoms with E-state index in [0.717, 1.165) is 49.3 Å². The molecule has 0 bridgehead atoms. The zero-order valence-electron chi connectivity index (χ0n) is 16.2. The molecule has 0 aliphatic heterocycles. The first-order valence-electron chi connectivity index (χ1n) is 9.76. The third-order valence-corrected chi connectivity index (χ3v) is 7.04. The lowest BCUT2D eigenvalue weighted by molar-refractivity contribution is -0.385. The molecule has 0 heterocycles. The van der Waals surface area contributed by atoms with Crippen molar-refractivity contribution in [3.63, 3.8) is 0 Å². The van der Waals surface area contributed by atoms with Crippen LogP contribution in [0.3, 0.4) is 0 Å². The number of hydrogen-bond donors (Lipinski definition) is 2. The largest absolute Gasteiger partial charge is 0.396 e. The Balaban J connectivity index is 1.73. The second-order valence-electron chi connectivity index (χ2n) is 7.75. The van der Waals surface area contributed by atoms with Crippen LogP contribution in [-0.2, 0) is 22.9 Å². The highest BCUT2D eigenvalue weighted by Gasteiger charge is 2.35. The highest BCUT2D eigenvalue weighted by Crippen LogP contribution is 2.40. The molecule has 2 aromatic carbocycles. The van der Waals surface area contributed by atoms with Crippen molar-refractivity contribution in [1.29, 1.82) is 0 Å². The SMILES string of the molecule is O=[N+]([O-])c1cccc(S(=O)(=O)NCC2(Cc3ccc(CCO)cc3)CCCC2)c1. The number of sulfonamides is 1. The minimum absolute atomic E-state index is 0.0896. The molecule has 0 unspecified atom stereocenters. The summed E-state index contributed by atoms with van der Waals surface area (Å²) in [6.07, 6.45) is 5.37. The van der Waals surface area contributed by atoms with E-state index in [1.807, 2.05) is 24.3 Å². The summed E-state index contributed by atoms with van der Waals surface area (Å²) in [6.45, 7) is 0.416. The second kappa shape index (κ2) is 9.02. The summed E-state index contributed by atoms with van der Waals surface area (Å²) in [5, 5.41) is 20.0. The van der Waals surface area contributed by atoms with Gasteiger partial charge in [0, 0.05) is 25.3 Å². The summed E-state index contributed by atoms with van der Waals surface area (Å²) in [7, 11) is -3.83. The first kappa shape index (κ1) is 21.4. The zero-order valence-corrected chi connectivity index (χ0v) is 17.0. The molecule has 0 amide bonds. The number of nitrogens with one attached hydrogen (secondary N) is 1. The summed E-state index contributed by atoms with van der Waals surface area (Å²) < 4.78 is 28.1. The summed E-state index contributed by atoms with van der Waals surface area (Å²) >= 11 is 0. The van der Waals surface area contributed by atoms with E-state index in [2.05, 4.69) is 4.72 Å². The Morgan fingerprint density at radius 3 is 2.34 bits per heavy atom. The number of rotatable bonds is 9. The van der Waals surface area contributed by atoms with Crippen molar-refractivity contribution in [2.45, 2.75) is 43.4 Å². The maximum atomic E-state index is 12.7. The standard InChI is InChI=1S/C21H26N2O5S/c24-13-10-17-6-8-18(9-7-17)15-21(11-1-2-12-21)16-22-29(27,28)20-5-3-4-19(14-20)23(25)26/h3-9,14,22,24H,1-2,10-13,15-16H2. The topological polar surface area (TPSA) is 110 Å². The molecule has 1 aliphatic carbocycles. The fourth-order valence-corrected chi connectivity index (χ4v) is 5.22. The van der Waals surface area contributed by atoms with E-state index in [4.69, 9.17) is 5.11 Å². The summed E-state index contributed by atoms with van der Waals surface area (Å²) in [5.41, 5.74) is 1.81. The molecule has 0 saturated heterocycles. The van der Waals surface area contributed by atoms with Gasteiger partial charge in [-0.2, -0.15) is 0 Å². The van der Waals surface area contributed by atoms with Crippen LogP contribution in [-0.4, -0.2) is 31.6 Å². The number of nitrogens with zero attached hydrogens (tertiary/aromatic N) is 1. The molecule has 156 valence electrons. The molecule has 1 fully saturated rings. The molecule has 7 nitrogen and oxygen atoms in total. The first-order chi connectivity index (χ1) is 13.8. The molecule has 3 rings (SSSR count). The lowest BCUT2D eigenvalue weighted by Gasteiger charge is -2.29. The number of aliphatic hydroxyl groups excluding tert-OH is 1. The van der Waals surface area contributed by atoms with Crippen LogP contribution < -0.4 is 4.72 Å². The fourth-order valence-electron chi connectivity index (χ4n) is 4.02. The average molecular weight is 419 g/mol. The molecule has 0 atom stereocenters. The van der Waals surface area contributed by atoms with E-state index in [9.17, 15) is 18.5 Å². The van der Waals surface area contributed by atoms with Crippen LogP contribution in [0, 0.1) is 15.5 Å². The normalized spacial score (nSPS) is 16.0. The van der Waals surface area contributed by atoms with E-state index in [1.54, 1.807) is 0 Å². The predicted molar refractivity (Wildman–Crippen MR) is 110 cm³/mol. The third kappa shape index (κ3) is 5.41. The van der Waals surface area contributed by atoms with E-state index >= 15 is 0 Å². The van der Waals surface area contributed by atoms with Crippen LogP contribution in [0.25, 0.3) is 0 Å². The van der Waals surface area contributed by atoms with Gasteiger partial charge in [0.1, 0.15) is 0 Å². The van der Waals surface area contributed by atoms with Gasteiger partial charge in [-0.15, -0.1) is 0 Å². The monoisotopic (exact) mass is 418 g/mol.